The van der Waals surface area contributed by atoms with Crippen LogP contribution in [-0.4, -0.2) is 14.3 Å². The van der Waals surface area contributed by atoms with Gasteiger partial charge in [0.1, 0.15) is 11.1 Å². The van der Waals surface area contributed by atoms with E-state index >= 15 is 0 Å². The summed E-state index contributed by atoms with van der Waals surface area (Å²) in [4.78, 5) is 15.2. The Balaban J connectivity index is 1.75. The number of nitrogens with zero attached hydrogens (tertiary/aromatic N) is 1. The second-order valence-electron chi connectivity index (χ2n) is 6.99. The van der Waals surface area contributed by atoms with Crippen molar-refractivity contribution in [2.75, 3.05) is 5.32 Å². The van der Waals surface area contributed by atoms with Crippen LogP contribution in [0.5, 0.6) is 0 Å². The molecule has 9 heteroatoms. The summed E-state index contributed by atoms with van der Waals surface area (Å²) in [5.74, 6) is -0.532. The number of hydrogen-bond donors (Lipinski definition) is 2. The predicted octanol–water partition coefficient (Wildman–Crippen LogP) is 4.44. The van der Waals surface area contributed by atoms with Gasteiger partial charge in [0.15, 0.2) is 0 Å². The molecule has 0 atom stereocenters. The molecule has 4 rings (SSSR count). The average Bonchev–Trinajstić information content (AvgIpc) is 2.77. The van der Waals surface area contributed by atoms with Crippen LogP contribution >= 0.6 is 11.6 Å². The lowest BCUT2D eigenvalue weighted by molar-refractivity contribution is 0.102. The average molecular weight is 468 g/mol. The molecule has 0 radical (unpaired) electrons. The number of para-hydroxylation sites is 1. The number of sulfonamides is 1. The van der Waals surface area contributed by atoms with E-state index in [2.05, 4.69) is 15.2 Å². The lowest BCUT2D eigenvalue weighted by Crippen LogP contribution is -2.27. The van der Waals surface area contributed by atoms with Gasteiger partial charge in [0, 0.05) is 16.1 Å². The lowest BCUT2D eigenvalue weighted by Gasteiger charge is -2.08. The number of aryl methyl sites for hydroxylation is 1. The Hall–Kier alpha value is -3.62. The van der Waals surface area contributed by atoms with Gasteiger partial charge in [-0.25, -0.2) is 0 Å². The van der Waals surface area contributed by atoms with E-state index in [1.807, 2.05) is 6.92 Å². The normalized spacial score (nSPS) is 12.0. The zero-order valence-electron chi connectivity index (χ0n) is 16.9. The molecule has 7 nitrogen and oxygen atoms in total. The van der Waals surface area contributed by atoms with Gasteiger partial charge in [-0.2, -0.15) is 13.2 Å². The van der Waals surface area contributed by atoms with Crippen molar-refractivity contribution in [1.29, 1.82) is 0 Å². The number of halogens is 1. The molecule has 1 amide bonds. The first-order valence-electron chi connectivity index (χ1n) is 9.54. The molecule has 0 aliphatic carbocycles. The number of amides is 1. The van der Waals surface area contributed by atoms with Gasteiger partial charge in [-0.05, 0) is 49.4 Å². The zero-order chi connectivity index (χ0) is 22.7. The van der Waals surface area contributed by atoms with Gasteiger partial charge in [0.05, 0.1) is 4.90 Å². The van der Waals surface area contributed by atoms with Crippen molar-refractivity contribution < 1.29 is 17.6 Å². The molecule has 0 saturated heterocycles. The summed E-state index contributed by atoms with van der Waals surface area (Å²) < 4.78 is 31.0. The molecule has 162 valence electrons. The maximum Gasteiger partial charge on any atom is 0.276 e. The lowest BCUT2D eigenvalue weighted by atomic mass is 10.1. The summed E-state index contributed by atoms with van der Waals surface area (Å²) in [6, 6.07) is 21.6. The largest absolute Gasteiger partial charge is 0.436 e. The number of anilines is 1. The third-order valence-corrected chi connectivity index (χ3v) is 6.04. The van der Waals surface area contributed by atoms with Crippen LogP contribution in [0.3, 0.4) is 0 Å². The van der Waals surface area contributed by atoms with Crippen molar-refractivity contribution in [3.05, 3.63) is 101 Å². The second kappa shape index (κ2) is 8.86. The number of carbonyl (C=O) groups excluding carboxylic acids is 1. The first-order chi connectivity index (χ1) is 15.3. The van der Waals surface area contributed by atoms with E-state index < -0.39 is 15.9 Å². The molecular formula is C23H18ClN3O4S. The molecule has 0 unspecified atom stereocenters. The summed E-state index contributed by atoms with van der Waals surface area (Å²) in [7, 11) is -3.96. The van der Waals surface area contributed by atoms with Gasteiger partial charge in [0.2, 0.25) is 5.55 Å². The highest BCUT2D eigenvalue weighted by Crippen LogP contribution is 2.17. The first kappa shape index (κ1) is 21.6. The third kappa shape index (κ3) is 4.82. The van der Waals surface area contributed by atoms with Crippen molar-refractivity contribution in [3.8, 4) is 0 Å². The number of rotatable bonds is 5. The second-order valence-corrected chi connectivity index (χ2v) is 9.08. The molecule has 32 heavy (non-hydrogen) atoms. The van der Waals surface area contributed by atoms with Gasteiger partial charge < -0.3 is 9.73 Å². The van der Waals surface area contributed by atoms with Crippen molar-refractivity contribution in [3.63, 3.8) is 0 Å². The summed E-state index contributed by atoms with van der Waals surface area (Å²) in [5.41, 5.74) is 1.71. The summed E-state index contributed by atoms with van der Waals surface area (Å²) >= 11 is 5.99. The molecule has 1 heterocycles. The van der Waals surface area contributed by atoms with Gasteiger partial charge in [-0.1, -0.05) is 53.6 Å². The number of fused-ring (bicyclic) bond motifs is 1. The Kier molecular flexibility index (Phi) is 5.98. The van der Waals surface area contributed by atoms with Crippen LogP contribution in [-0.2, 0) is 10.0 Å². The number of hydrogen-bond acceptors (Lipinski definition) is 5. The molecule has 3 aromatic carbocycles. The molecule has 0 aliphatic rings. The fourth-order valence-corrected chi connectivity index (χ4v) is 3.94. The van der Waals surface area contributed by atoms with Crippen LogP contribution in [0.4, 0.5) is 5.69 Å². The van der Waals surface area contributed by atoms with E-state index in [9.17, 15) is 13.2 Å². The number of nitrogens with one attached hydrogen (secondary N) is 2. The van der Waals surface area contributed by atoms with E-state index in [0.717, 1.165) is 5.56 Å². The maximum absolute atomic E-state index is 13.0. The Morgan fingerprint density at radius 3 is 2.47 bits per heavy atom. The van der Waals surface area contributed by atoms with E-state index in [-0.39, 0.29) is 16.0 Å². The van der Waals surface area contributed by atoms with Crippen LogP contribution in [0.2, 0.25) is 5.02 Å². The maximum atomic E-state index is 13.0. The Labute approximate surface area is 189 Å². The third-order valence-electron chi connectivity index (χ3n) is 4.58. The van der Waals surface area contributed by atoms with Crippen molar-refractivity contribution in [2.24, 2.45) is 5.10 Å². The van der Waals surface area contributed by atoms with E-state index in [0.29, 0.717) is 21.7 Å². The Bertz CT molecular complexity index is 1480. The van der Waals surface area contributed by atoms with Crippen LogP contribution in [0.25, 0.3) is 11.0 Å². The highest BCUT2D eigenvalue weighted by Gasteiger charge is 2.16. The molecule has 0 fully saturated rings. The van der Waals surface area contributed by atoms with E-state index in [1.165, 1.54) is 12.1 Å². The summed E-state index contributed by atoms with van der Waals surface area (Å²) in [6.45, 7) is 1.85. The molecule has 1 aromatic heterocycles. The molecule has 0 spiro atoms. The molecular weight excluding hydrogens is 450 g/mol. The van der Waals surface area contributed by atoms with Crippen LogP contribution in [0.15, 0.2) is 93.3 Å². The van der Waals surface area contributed by atoms with Gasteiger partial charge in [0.25, 0.3) is 15.9 Å². The van der Waals surface area contributed by atoms with E-state index in [4.69, 9.17) is 16.0 Å². The molecule has 4 aromatic rings. The first-order valence-corrected chi connectivity index (χ1v) is 11.4. The van der Waals surface area contributed by atoms with Crippen LogP contribution in [0, 0.1) is 6.92 Å². The fraction of sp³-hybridized carbons (Fsp3) is 0.0435. The molecule has 0 bridgehead atoms. The molecule has 0 aliphatic heterocycles. The van der Waals surface area contributed by atoms with Gasteiger partial charge >= 0.3 is 0 Å². The minimum atomic E-state index is -3.96. The number of benzene rings is 3. The minimum absolute atomic E-state index is 0.0394. The highest BCUT2D eigenvalue weighted by atomic mass is 35.5. The Morgan fingerprint density at radius 1 is 0.969 bits per heavy atom. The smallest absolute Gasteiger partial charge is 0.276 e. The molecule has 2 N–H and O–H groups in total. The van der Waals surface area contributed by atoms with Crippen LogP contribution < -0.4 is 15.7 Å². The van der Waals surface area contributed by atoms with E-state index in [1.54, 1.807) is 66.7 Å². The summed E-state index contributed by atoms with van der Waals surface area (Å²) in [5, 5.41) is 7.75. The zero-order valence-corrected chi connectivity index (χ0v) is 18.4. The standard InChI is InChI=1S/C23H18ClN3O4S/c1-15-9-11-19(12-10-15)32(29,30)27-26-23-20(13-16-5-2-3-8-21(16)31-23)22(28)25-18-7-4-6-17(24)14-18/h2-14,27H,1H3,(H,25,28). The summed E-state index contributed by atoms with van der Waals surface area (Å²) in [6.07, 6.45) is 0. The minimum Gasteiger partial charge on any atom is -0.436 e. The quantitative estimate of drug-likeness (QED) is 0.423. The SMILES string of the molecule is Cc1ccc(S(=O)(=O)NN=c2oc3ccccc3cc2C(=O)Nc2cccc(Cl)c2)cc1. The fourth-order valence-electron chi connectivity index (χ4n) is 2.95. The predicted molar refractivity (Wildman–Crippen MR) is 123 cm³/mol. The van der Waals surface area contributed by atoms with Crippen molar-refractivity contribution >= 4 is 44.2 Å². The number of carbonyl (C=O) groups is 1. The Morgan fingerprint density at radius 2 is 1.72 bits per heavy atom. The van der Waals surface area contributed by atoms with Crippen LogP contribution in [0.1, 0.15) is 15.9 Å². The molecule has 0 saturated carbocycles. The topological polar surface area (TPSA) is 101 Å². The highest BCUT2D eigenvalue weighted by molar-refractivity contribution is 7.89. The van der Waals surface area contributed by atoms with Gasteiger partial charge in [-0.15, -0.1) is 5.10 Å². The van der Waals surface area contributed by atoms with Crippen molar-refractivity contribution in [2.45, 2.75) is 11.8 Å². The van der Waals surface area contributed by atoms with Gasteiger partial charge in [-0.3, -0.25) is 4.79 Å². The van der Waals surface area contributed by atoms with Crippen molar-refractivity contribution in [1.82, 2.24) is 4.83 Å². The monoisotopic (exact) mass is 467 g/mol.